The van der Waals surface area contributed by atoms with Crippen molar-refractivity contribution >= 4 is 0 Å². The van der Waals surface area contributed by atoms with Gasteiger partial charge < -0.3 is 9.84 Å². The molecule has 1 saturated heterocycles. The molecule has 0 aromatic rings. The van der Waals surface area contributed by atoms with Crippen LogP contribution in [0.2, 0.25) is 0 Å². The largest absolute Gasteiger partial charge is 0.390 e. The first-order chi connectivity index (χ1) is 5.25. The van der Waals surface area contributed by atoms with Crippen molar-refractivity contribution in [3.05, 3.63) is 0 Å². The van der Waals surface area contributed by atoms with Crippen LogP contribution in [0.3, 0.4) is 0 Å². The fourth-order valence-electron chi connectivity index (χ4n) is 1.32. The van der Waals surface area contributed by atoms with Crippen LogP contribution < -0.4 is 0 Å². The van der Waals surface area contributed by atoms with Crippen molar-refractivity contribution in [3.8, 4) is 0 Å². The highest BCUT2D eigenvalue weighted by Crippen LogP contribution is 2.23. The molecule has 66 valence electrons. The third-order valence-electron chi connectivity index (χ3n) is 2.34. The third-order valence-corrected chi connectivity index (χ3v) is 2.34. The standard InChI is InChI=1S/C9H18O2/c1-3-4-5-7(2)9(10)8-6-11-8/h7-10H,3-6H2,1-2H3. The lowest BCUT2D eigenvalue weighted by molar-refractivity contribution is 0.0798. The molecular weight excluding hydrogens is 140 g/mol. The van der Waals surface area contributed by atoms with Gasteiger partial charge in [0.1, 0.15) is 6.10 Å². The molecule has 0 radical (unpaired) electrons. The minimum absolute atomic E-state index is 0.154. The topological polar surface area (TPSA) is 32.8 Å². The minimum atomic E-state index is -0.221. The smallest absolute Gasteiger partial charge is 0.107 e. The average Bonchev–Trinajstić information content (AvgIpc) is 2.81. The maximum Gasteiger partial charge on any atom is 0.107 e. The van der Waals surface area contributed by atoms with E-state index in [2.05, 4.69) is 13.8 Å². The molecule has 3 unspecified atom stereocenters. The summed E-state index contributed by atoms with van der Waals surface area (Å²) in [5.74, 6) is 0.405. The molecule has 0 saturated carbocycles. The van der Waals surface area contributed by atoms with Gasteiger partial charge in [0, 0.05) is 0 Å². The second-order valence-corrected chi connectivity index (χ2v) is 3.48. The monoisotopic (exact) mass is 158 g/mol. The van der Waals surface area contributed by atoms with Gasteiger partial charge in [0.2, 0.25) is 0 Å². The number of ether oxygens (including phenoxy) is 1. The van der Waals surface area contributed by atoms with E-state index in [0.29, 0.717) is 5.92 Å². The molecule has 1 aliphatic rings. The molecule has 0 bridgehead atoms. The van der Waals surface area contributed by atoms with E-state index in [9.17, 15) is 5.11 Å². The molecule has 11 heavy (non-hydrogen) atoms. The van der Waals surface area contributed by atoms with E-state index in [4.69, 9.17) is 4.74 Å². The molecule has 0 spiro atoms. The number of rotatable bonds is 5. The van der Waals surface area contributed by atoms with Gasteiger partial charge in [0.05, 0.1) is 12.7 Å². The fourth-order valence-corrected chi connectivity index (χ4v) is 1.32. The molecule has 1 aliphatic heterocycles. The lowest BCUT2D eigenvalue weighted by Gasteiger charge is -2.15. The van der Waals surface area contributed by atoms with Crippen LogP contribution in [0.1, 0.15) is 33.1 Å². The number of hydrogen-bond acceptors (Lipinski definition) is 2. The Morgan fingerprint density at radius 1 is 1.64 bits per heavy atom. The predicted octanol–water partition coefficient (Wildman–Crippen LogP) is 1.57. The van der Waals surface area contributed by atoms with Crippen LogP contribution in [0, 0.1) is 5.92 Å². The summed E-state index contributed by atoms with van der Waals surface area (Å²) in [6.07, 6.45) is 3.48. The van der Waals surface area contributed by atoms with E-state index >= 15 is 0 Å². The van der Waals surface area contributed by atoms with Gasteiger partial charge in [0.25, 0.3) is 0 Å². The van der Waals surface area contributed by atoms with Crippen molar-refractivity contribution in [2.75, 3.05) is 6.61 Å². The summed E-state index contributed by atoms with van der Waals surface area (Å²) in [5, 5.41) is 9.56. The van der Waals surface area contributed by atoms with Crippen molar-refractivity contribution in [3.63, 3.8) is 0 Å². The van der Waals surface area contributed by atoms with Crippen molar-refractivity contribution in [2.45, 2.75) is 45.3 Å². The van der Waals surface area contributed by atoms with Crippen LogP contribution in [-0.2, 0) is 4.74 Å². The van der Waals surface area contributed by atoms with Crippen LogP contribution in [0.5, 0.6) is 0 Å². The second kappa shape index (κ2) is 4.07. The SMILES string of the molecule is CCCCC(C)C(O)C1CO1. The summed E-state index contributed by atoms with van der Waals surface area (Å²) in [7, 11) is 0. The average molecular weight is 158 g/mol. The number of aliphatic hydroxyl groups excluding tert-OH is 1. The fraction of sp³-hybridized carbons (Fsp3) is 1.00. The number of epoxide rings is 1. The highest BCUT2D eigenvalue weighted by molar-refractivity contribution is 4.81. The molecule has 0 amide bonds. The molecule has 1 N–H and O–H groups in total. The van der Waals surface area contributed by atoms with E-state index in [-0.39, 0.29) is 12.2 Å². The van der Waals surface area contributed by atoms with Gasteiger partial charge in [-0.1, -0.05) is 26.7 Å². The summed E-state index contributed by atoms with van der Waals surface area (Å²) in [6.45, 7) is 5.03. The lowest BCUT2D eigenvalue weighted by Crippen LogP contribution is -2.23. The van der Waals surface area contributed by atoms with E-state index in [1.54, 1.807) is 0 Å². The first kappa shape index (κ1) is 9.01. The van der Waals surface area contributed by atoms with E-state index in [1.165, 1.54) is 12.8 Å². The molecule has 1 fully saturated rings. The summed E-state index contributed by atoms with van der Waals surface area (Å²) >= 11 is 0. The summed E-state index contributed by atoms with van der Waals surface area (Å²) in [5.41, 5.74) is 0. The first-order valence-electron chi connectivity index (χ1n) is 4.55. The van der Waals surface area contributed by atoms with Crippen molar-refractivity contribution in [2.24, 2.45) is 5.92 Å². The van der Waals surface area contributed by atoms with Crippen molar-refractivity contribution < 1.29 is 9.84 Å². The van der Waals surface area contributed by atoms with Crippen LogP contribution in [0.4, 0.5) is 0 Å². The van der Waals surface area contributed by atoms with Crippen LogP contribution in [-0.4, -0.2) is 23.9 Å². The van der Waals surface area contributed by atoms with E-state index in [0.717, 1.165) is 13.0 Å². The maximum atomic E-state index is 9.56. The van der Waals surface area contributed by atoms with Gasteiger partial charge in [-0.25, -0.2) is 0 Å². The Balaban J connectivity index is 2.11. The Hall–Kier alpha value is -0.0800. The molecular formula is C9H18O2. The Labute approximate surface area is 68.6 Å². The number of aliphatic hydroxyl groups is 1. The van der Waals surface area contributed by atoms with Gasteiger partial charge in [-0.15, -0.1) is 0 Å². The lowest BCUT2D eigenvalue weighted by atomic mass is 9.96. The van der Waals surface area contributed by atoms with Gasteiger partial charge in [0.15, 0.2) is 0 Å². The molecule has 1 heterocycles. The highest BCUT2D eigenvalue weighted by atomic mass is 16.6. The van der Waals surface area contributed by atoms with Gasteiger partial charge in [-0.05, 0) is 12.3 Å². The first-order valence-corrected chi connectivity index (χ1v) is 4.55. The number of hydrogen-bond donors (Lipinski definition) is 1. The maximum absolute atomic E-state index is 9.56. The molecule has 2 heteroatoms. The summed E-state index contributed by atoms with van der Waals surface area (Å²) < 4.78 is 5.02. The zero-order valence-electron chi connectivity index (χ0n) is 7.42. The predicted molar refractivity (Wildman–Crippen MR) is 44.4 cm³/mol. The molecule has 0 aromatic carbocycles. The Morgan fingerprint density at radius 2 is 2.27 bits per heavy atom. The zero-order chi connectivity index (χ0) is 8.27. The molecule has 1 rings (SSSR count). The van der Waals surface area contributed by atoms with Crippen LogP contribution in [0.15, 0.2) is 0 Å². The Morgan fingerprint density at radius 3 is 2.73 bits per heavy atom. The van der Waals surface area contributed by atoms with Crippen LogP contribution in [0.25, 0.3) is 0 Å². The summed E-state index contributed by atoms with van der Waals surface area (Å²) in [4.78, 5) is 0. The second-order valence-electron chi connectivity index (χ2n) is 3.48. The minimum Gasteiger partial charge on any atom is -0.390 e. The van der Waals surface area contributed by atoms with Crippen molar-refractivity contribution in [1.82, 2.24) is 0 Å². The van der Waals surface area contributed by atoms with Gasteiger partial charge in [-0.2, -0.15) is 0 Å². The van der Waals surface area contributed by atoms with Gasteiger partial charge >= 0.3 is 0 Å². The Kier molecular flexibility index (Phi) is 3.34. The van der Waals surface area contributed by atoms with Crippen LogP contribution >= 0.6 is 0 Å². The molecule has 0 aliphatic carbocycles. The highest BCUT2D eigenvalue weighted by Gasteiger charge is 2.34. The molecule has 2 nitrogen and oxygen atoms in total. The van der Waals surface area contributed by atoms with E-state index < -0.39 is 0 Å². The van der Waals surface area contributed by atoms with Gasteiger partial charge in [-0.3, -0.25) is 0 Å². The normalized spacial score (nSPS) is 28.1. The zero-order valence-corrected chi connectivity index (χ0v) is 7.42. The quantitative estimate of drug-likeness (QED) is 0.616. The summed E-state index contributed by atoms with van der Waals surface area (Å²) in [6, 6.07) is 0. The van der Waals surface area contributed by atoms with Crippen molar-refractivity contribution in [1.29, 1.82) is 0 Å². The third kappa shape index (κ3) is 2.80. The number of unbranched alkanes of at least 4 members (excludes halogenated alkanes) is 1. The molecule has 3 atom stereocenters. The molecule has 0 aromatic heterocycles. The Bertz CT molecular complexity index is 110. The van der Waals surface area contributed by atoms with E-state index in [1.807, 2.05) is 0 Å².